The minimum absolute atomic E-state index is 0.0191. The van der Waals surface area contributed by atoms with Crippen molar-refractivity contribution in [2.24, 2.45) is 5.92 Å². The molecule has 1 aromatic rings. The van der Waals surface area contributed by atoms with E-state index < -0.39 is 0 Å². The van der Waals surface area contributed by atoms with Crippen LogP contribution in [0.2, 0.25) is 0 Å². The molecule has 0 bridgehead atoms. The van der Waals surface area contributed by atoms with Crippen molar-refractivity contribution in [3.8, 4) is 0 Å². The summed E-state index contributed by atoms with van der Waals surface area (Å²) in [6.45, 7) is 7.28. The van der Waals surface area contributed by atoms with Gasteiger partial charge in [0.1, 0.15) is 6.10 Å². The van der Waals surface area contributed by atoms with E-state index >= 15 is 0 Å². The zero-order valence-electron chi connectivity index (χ0n) is 13.5. The molecule has 2 fully saturated rings. The summed E-state index contributed by atoms with van der Waals surface area (Å²) in [6.07, 6.45) is 6.30. The topological polar surface area (TPSA) is 54.5 Å². The summed E-state index contributed by atoms with van der Waals surface area (Å²) in [5.41, 5.74) is 0.994. The van der Waals surface area contributed by atoms with Gasteiger partial charge in [-0.3, -0.25) is 14.7 Å². The van der Waals surface area contributed by atoms with E-state index in [1.165, 1.54) is 0 Å². The van der Waals surface area contributed by atoms with Crippen LogP contribution in [0.3, 0.4) is 0 Å². The summed E-state index contributed by atoms with van der Waals surface area (Å²) < 4.78 is 6.00. The summed E-state index contributed by atoms with van der Waals surface area (Å²) in [5.74, 6) is 0.535. The van der Waals surface area contributed by atoms with E-state index in [1.807, 2.05) is 24.3 Å². The third-order valence-corrected chi connectivity index (χ3v) is 4.72. The van der Waals surface area contributed by atoms with Crippen LogP contribution < -0.4 is 5.32 Å². The number of nitrogens with zero attached hydrogens (tertiary/aromatic N) is 2. The molecule has 2 aliphatic heterocycles. The first-order valence-corrected chi connectivity index (χ1v) is 8.42. The van der Waals surface area contributed by atoms with Crippen LogP contribution in [0.25, 0.3) is 0 Å². The number of pyridine rings is 1. The molecule has 2 saturated heterocycles. The highest BCUT2D eigenvalue weighted by molar-refractivity contribution is 5.81. The predicted octanol–water partition coefficient (Wildman–Crippen LogP) is 1.41. The van der Waals surface area contributed by atoms with Crippen molar-refractivity contribution in [2.45, 2.75) is 31.5 Å². The van der Waals surface area contributed by atoms with Crippen LogP contribution in [-0.2, 0) is 16.0 Å². The fourth-order valence-electron chi connectivity index (χ4n) is 3.49. The number of hydrogen-bond acceptors (Lipinski definition) is 4. The van der Waals surface area contributed by atoms with E-state index in [0.29, 0.717) is 12.5 Å². The molecule has 0 unspecified atom stereocenters. The normalized spacial score (nSPS) is 27.4. The largest absolute Gasteiger partial charge is 0.364 e. The fourth-order valence-corrected chi connectivity index (χ4v) is 3.49. The van der Waals surface area contributed by atoms with E-state index in [9.17, 15) is 4.79 Å². The number of aromatic nitrogens is 1. The number of hydrogen-bond donors (Lipinski definition) is 1. The highest BCUT2D eigenvalue weighted by atomic mass is 16.5. The number of fused-ring (bicyclic) bond motifs is 1. The van der Waals surface area contributed by atoms with Crippen LogP contribution in [0.5, 0.6) is 0 Å². The molecular weight excluding hydrogens is 290 g/mol. The number of rotatable bonds is 6. The second kappa shape index (κ2) is 7.70. The predicted molar refractivity (Wildman–Crippen MR) is 89.0 cm³/mol. The van der Waals surface area contributed by atoms with Crippen molar-refractivity contribution in [3.63, 3.8) is 0 Å². The molecule has 1 amide bonds. The standard InChI is InChI=1S/C18H25N3O2/c1-2-10-21-11-7-14-12-16(23-17(14)13-21)18(22)20-9-6-15-5-3-4-8-19-15/h2-5,8,14,16-17H,1,6-7,9-13H2,(H,20,22)/t14-,16-,17-/m0/s1. The van der Waals surface area contributed by atoms with Crippen molar-refractivity contribution in [2.75, 3.05) is 26.2 Å². The van der Waals surface area contributed by atoms with Crippen molar-refractivity contribution in [1.82, 2.24) is 15.2 Å². The Hall–Kier alpha value is -1.72. The second-order valence-corrected chi connectivity index (χ2v) is 6.36. The smallest absolute Gasteiger partial charge is 0.249 e. The minimum Gasteiger partial charge on any atom is -0.364 e. The summed E-state index contributed by atoms with van der Waals surface area (Å²) >= 11 is 0. The lowest BCUT2D eigenvalue weighted by atomic mass is 9.91. The lowest BCUT2D eigenvalue weighted by Gasteiger charge is -2.33. The van der Waals surface area contributed by atoms with Gasteiger partial charge >= 0.3 is 0 Å². The van der Waals surface area contributed by atoms with Crippen molar-refractivity contribution >= 4 is 5.91 Å². The van der Waals surface area contributed by atoms with Gasteiger partial charge < -0.3 is 10.1 Å². The molecule has 3 rings (SSSR count). The van der Waals surface area contributed by atoms with Gasteiger partial charge in [-0.15, -0.1) is 6.58 Å². The fraction of sp³-hybridized carbons (Fsp3) is 0.556. The summed E-state index contributed by atoms with van der Waals surface area (Å²) in [6, 6.07) is 5.83. The Morgan fingerprint density at radius 3 is 3.22 bits per heavy atom. The molecule has 5 nitrogen and oxygen atoms in total. The highest BCUT2D eigenvalue weighted by Crippen LogP contribution is 2.33. The van der Waals surface area contributed by atoms with Gasteiger partial charge in [-0.05, 0) is 37.4 Å². The molecule has 3 atom stereocenters. The Morgan fingerprint density at radius 2 is 2.43 bits per heavy atom. The molecule has 0 radical (unpaired) electrons. The quantitative estimate of drug-likeness (QED) is 0.807. The molecule has 3 heterocycles. The maximum Gasteiger partial charge on any atom is 0.249 e. The Balaban J connectivity index is 1.43. The molecule has 23 heavy (non-hydrogen) atoms. The number of carbonyl (C=O) groups excluding carboxylic acids is 1. The number of ether oxygens (including phenoxy) is 1. The van der Waals surface area contributed by atoms with Gasteiger partial charge in [0.05, 0.1) is 6.10 Å². The van der Waals surface area contributed by atoms with Gasteiger partial charge in [0, 0.05) is 37.9 Å². The lowest BCUT2D eigenvalue weighted by Crippen LogP contribution is -2.42. The number of amides is 1. The van der Waals surface area contributed by atoms with E-state index in [1.54, 1.807) is 6.20 Å². The highest BCUT2D eigenvalue weighted by Gasteiger charge is 2.41. The van der Waals surface area contributed by atoms with Crippen molar-refractivity contribution in [3.05, 3.63) is 42.7 Å². The molecule has 0 aromatic carbocycles. The SMILES string of the molecule is C=CCN1CC[C@H]2C[C@@H](C(=O)NCCc3ccccn3)O[C@H]2C1. The third-order valence-electron chi connectivity index (χ3n) is 4.72. The summed E-state index contributed by atoms with van der Waals surface area (Å²) in [4.78, 5) is 18.9. The first kappa shape index (κ1) is 16.1. The molecule has 0 aliphatic carbocycles. The van der Waals surface area contributed by atoms with Gasteiger partial charge in [-0.2, -0.15) is 0 Å². The summed E-state index contributed by atoms with van der Waals surface area (Å²) in [7, 11) is 0. The monoisotopic (exact) mass is 315 g/mol. The number of piperidine rings is 1. The van der Waals surface area contributed by atoms with E-state index in [-0.39, 0.29) is 18.1 Å². The maximum absolute atomic E-state index is 12.3. The summed E-state index contributed by atoms with van der Waals surface area (Å²) in [5, 5.41) is 2.99. The number of likely N-dealkylation sites (tertiary alicyclic amines) is 1. The average molecular weight is 315 g/mol. The Kier molecular flexibility index (Phi) is 5.41. The van der Waals surface area contributed by atoms with E-state index in [4.69, 9.17) is 4.74 Å². The minimum atomic E-state index is -0.294. The second-order valence-electron chi connectivity index (χ2n) is 6.36. The Morgan fingerprint density at radius 1 is 1.52 bits per heavy atom. The number of carbonyl (C=O) groups is 1. The first-order valence-electron chi connectivity index (χ1n) is 8.42. The van der Waals surface area contributed by atoms with Gasteiger partial charge in [0.2, 0.25) is 5.91 Å². The first-order chi connectivity index (χ1) is 11.3. The van der Waals surface area contributed by atoms with Gasteiger partial charge in [0.15, 0.2) is 0 Å². The van der Waals surface area contributed by atoms with Crippen molar-refractivity contribution in [1.29, 1.82) is 0 Å². The van der Waals surface area contributed by atoms with Crippen LogP contribution in [0.4, 0.5) is 0 Å². The Labute approximate surface area is 137 Å². The Bertz CT molecular complexity index is 534. The van der Waals surface area contributed by atoms with E-state index in [0.717, 1.165) is 44.6 Å². The van der Waals surface area contributed by atoms with Crippen LogP contribution in [0.1, 0.15) is 18.5 Å². The van der Waals surface area contributed by atoms with Gasteiger partial charge in [-0.1, -0.05) is 12.1 Å². The molecule has 1 aromatic heterocycles. The third kappa shape index (κ3) is 4.18. The molecule has 0 saturated carbocycles. The molecule has 2 aliphatic rings. The van der Waals surface area contributed by atoms with Crippen LogP contribution in [0, 0.1) is 5.92 Å². The zero-order chi connectivity index (χ0) is 16.1. The van der Waals surface area contributed by atoms with Crippen molar-refractivity contribution < 1.29 is 9.53 Å². The molecule has 5 heteroatoms. The molecular formula is C18H25N3O2. The zero-order valence-corrected chi connectivity index (χ0v) is 13.5. The molecule has 124 valence electrons. The van der Waals surface area contributed by atoms with Crippen LogP contribution in [-0.4, -0.2) is 54.2 Å². The number of nitrogens with one attached hydrogen (secondary N) is 1. The van der Waals surface area contributed by atoms with Crippen LogP contribution in [0.15, 0.2) is 37.1 Å². The average Bonchev–Trinajstić information content (AvgIpc) is 2.99. The van der Waals surface area contributed by atoms with Gasteiger partial charge in [0.25, 0.3) is 0 Å². The molecule has 0 spiro atoms. The van der Waals surface area contributed by atoms with E-state index in [2.05, 4.69) is 21.8 Å². The van der Waals surface area contributed by atoms with Crippen LogP contribution >= 0.6 is 0 Å². The lowest BCUT2D eigenvalue weighted by molar-refractivity contribution is -0.132. The maximum atomic E-state index is 12.3. The molecule has 1 N–H and O–H groups in total. The van der Waals surface area contributed by atoms with Gasteiger partial charge in [-0.25, -0.2) is 0 Å².